The summed E-state index contributed by atoms with van der Waals surface area (Å²) in [6, 6.07) is 8.13. The van der Waals surface area contributed by atoms with Crippen LogP contribution in [-0.4, -0.2) is 29.0 Å². The summed E-state index contributed by atoms with van der Waals surface area (Å²) in [5, 5.41) is 3.61. The van der Waals surface area contributed by atoms with Gasteiger partial charge in [-0.15, -0.1) is 11.3 Å². The van der Waals surface area contributed by atoms with E-state index in [0.717, 1.165) is 23.4 Å². The van der Waals surface area contributed by atoms with Crippen LogP contribution in [0.25, 0.3) is 10.6 Å². The van der Waals surface area contributed by atoms with Crippen molar-refractivity contribution < 1.29 is 14.3 Å². The van der Waals surface area contributed by atoms with Crippen LogP contribution in [0.5, 0.6) is 0 Å². The summed E-state index contributed by atoms with van der Waals surface area (Å²) < 4.78 is 5.17. The van der Waals surface area contributed by atoms with Gasteiger partial charge in [-0.05, 0) is 39.2 Å². The predicted molar refractivity (Wildman–Crippen MR) is 104 cm³/mol. The first kappa shape index (κ1) is 20.1. The van der Waals surface area contributed by atoms with E-state index in [9.17, 15) is 9.59 Å². The van der Waals surface area contributed by atoms with E-state index in [2.05, 4.69) is 29.4 Å². The van der Waals surface area contributed by atoms with E-state index >= 15 is 0 Å². The van der Waals surface area contributed by atoms with Gasteiger partial charge in [0.1, 0.15) is 9.88 Å². The topological polar surface area (TPSA) is 68.3 Å². The fraction of sp³-hybridized carbons (Fsp3) is 0.450. The molecule has 0 aliphatic carbocycles. The van der Waals surface area contributed by atoms with Gasteiger partial charge in [-0.25, -0.2) is 9.78 Å². The van der Waals surface area contributed by atoms with Crippen LogP contribution in [0.4, 0.5) is 0 Å². The van der Waals surface area contributed by atoms with Crippen LogP contribution in [0, 0.1) is 6.92 Å². The molecule has 0 radical (unpaired) electrons. The fourth-order valence-electron chi connectivity index (χ4n) is 2.29. The molecule has 0 saturated heterocycles. The summed E-state index contributed by atoms with van der Waals surface area (Å²) >= 11 is 1.29. The van der Waals surface area contributed by atoms with Crippen LogP contribution >= 0.6 is 11.3 Å². The number of nitrogens with zero attached hydrogens (tertiary/aromatic N) is 1. The number of aryl methyl sites for hydroxylation is 2. The molecule has 5 nitrogen and oxygen atoms in total. The molecule has 1 heterocycles. The lowest BCUT2D eigenvalue weighted by atomic mass is 10.0. The summed E-state index contributed by atoms with van der Waals surface area (Å²) in [4.78, 5) is 29.2. The van der Waals surface area contributed by atoms with Crippen molar-refractivity contribution in [2.45, 2.75) is 53.0 Å². The average molecular weight is 375 g/mol. The Labute approximate surface area is 158 Å². The van der Waals surface area contributed by atoms with Crippen molar-refractivity contribution in [3.63, 3.8) is 0 Å². The molecule has 0 fully saturated rings. The molecule has 140 valence electrons. The highest BCUT2D eigenvalue weighted by Gasteiger charge is 2.21. The number of carbonyl (C=O) groups is 2. The second-order valence-corrected chi connectivity index (χ2v) is 7.84. The Morgan fingerprint density at radius 2 is 1.85 bits per heavy atom. The second-order valence-electron chi connectivity index (χ2n) is 6.85. The van der Waals surface area contributed by atoms with Gasteiger partial charge >= 0.3 is 5.97 Å². The molecular formula is C20H26N2O3S. The predicted octanol–water partition coefficient (Wildman–Crippen LogP) is 4.14. The van der Waals surface area contributed by atoms with Crippen molar-refractivity contribution in [3.05, 3.63) is 40.4 Å². The van der Waals surface area contributed by atoms with E-state index in [1.54, 1.807) is 6.92 Å². The monoisotopic (exact) mass is 374 g/mol. The van der Waals surface area contributed by atoms with E-state index < -0.39 is 5.97 Å². The highest BCUT2D eigenvalue weighted by atomic mass is 32.1. The lowest BCUT2D eigenvalue weighted by Crippen LogP contribution is -2.44. The number of nitrogens with one attached hydrogen (secondary N) is 1. The summed E-state index contributed by atoms with van der Waals surface area (Å²) in [6.07, 6.45) is 1.77. The first-order valence-electron chi connectivity index (χ1n) is 8.80. The van der Waals surface area contributed by atoms with Gasteiger partial charge < -0.3 is 10.1 Å². The molecular weight excluding hydrogens is 348 g/mol. The molecule has 0 unspecified atom stereocenters. The molecule has 2 rings (SSSR count). The molecule has 0 aliphatic heterocycles. The smallest absolute Gasteiger partial charge is 0.350 e. The zero-order valence-corrected chi connectivity index (χ0v) is 16.8. The lowest BCUT2D eigenvalue weighted by molar-refractivity contribution is -0.125. The van der Waals surface area contributed by atoms with Crippen LogP contribution in [-0.2, 0) is 16.0 Å². The van der Waals surface area contributed by atoms with Crippen LogP contribution < -0.4 is 5.32 Å². The second kappa shape index (κ2) is 8.45. The SMILES string of the molecule is CCc1ccc(-c2nc(C)c(C(=O)OCC(=O)NC(C)(C)CC)s2)cc1. The summed E-state index contributed by atoms with van der Waals surface area (Å²) in [5.74, 6) is -0.816. The molecule has 0 atom stereocenters. The zero-order chi connectivity index (χ0) is 19.3. The van der Waals surface area contributed by atoms with E-state index in [4.69, 9.17) is 4.74 Å². The van der Waals surface area contributed by atoms with Crippen molar-refractivity contribution in [2.24, 2.45) is 0 Å². The molecule has 0 aliphatic rings. The third kappa shape index (κ3) is 5.14. The third-order valence-corrected chi connectivity index (χ3v) is 5.47. The minimum Gasteiger partial charge on any atom is -0.451 e. The quantitative estimate of drug-likeness (QED) is 0.740. The molecule has 1 aromatic carbocycles. The van der Waals surface area contributed by atoms with Gasteiger partial charge in [-0.1, -0.05) is 38.1 Å². The molecule has 1 N–H and O–H groups in total. The van der Waals surface area contributed by atoms with Crippen molar-refractivity contribution in [2.75, 3.05) is 6.61 Å². The maximum absolute atomic E-state index is 12.3. The van der Waals surface area contributed by atoms with E-state index in [1.165, 1.54) is 16.9 Å². The van der Waals surface area contributed by atoms with Crippen molar-refractivity contribution >= 4 is 23.2 Å². The number of esters is 1. The number of carbonyl (C=O) groups excluding carboxylic acids is 2. The first-order chi connectivity index (χ1) is 12.3. The molecule has 0 spiro atoms. The third-order valence-electron chi connectivity index (χ3n) is 4.29. The largest absolute Gasteiger partial charge is 0.451 e. The molecule has 26 heavy (non-hydrogen) atoms. The average Bonchev–Trinajstić information content (AvgIpc) is 3.01. The highest BCUT2D eigenvalue weighted by molar-refractivity contribution is 7.17. The summed E-state index contributed by atoms with van der Waals surface area (Å²) in [5.41, 5.74) is 2.52. The van der Waals surface area contributed by atoms with Crippen LogP contribution in [0.1, 0.15) is 55.0 Å². The molecule has 0 saturated carbocycles. The normalized spacial score (nSPS) is 11.3. The molecule has 1 aromatic heterocycles. The summed E-state index contributed by atoms with van der Waals surface area (Å²) in [6.45, 7) is 9.43. The standard InChI is InChI=1S/C20H26N2O3S/c1-6-14-8-10-15(11-9-14)18-21-13(3)17(26-18)19(24)25-12-16(23)22-20(4,5)7-2/h8-11H,6-7,12H2,1-5H3,(H,22,23). The number of ether oxygens (including phenoxy) is 1. The maximum atomic E-state index is 12.3. The van der Waals surface area contributed by atoms with Crippen LogP contribution in [0.3, 0.4) is 0 Å². The Bertz CT molecular complexity index is 779. The van der Waals surface area contributed by atoms with E-state index in [-0.39, 0.29) is 18.1 Å². The van der Waals surface area contributed by atoms with Gasteiger partial charge in [0.25, 0.3) is 5.91 Å². The number of rotatable bonds is 7. The number of hydrogen-bond acceptors (Lipinski definition) is 5. The number of aromatic nitrogens is 1. The Morgan fingerprint density at radius 1 is 1.19 bits per heavy atom. The van der Waals surface area contributed by atoms with Gasteiger partial charge in [-0.2, -0.15) is 0 Å². The van der Waals surface area contributed by atoms with Crippen LogP contribution in [0.15, 0.2) is 24.3 Å². The number of amides is 1. The summed E-state index contributed by atoms with van der Waals surface area (Å²) in [7, 11) is 0. The first-order valence-corrected chi connectivity index (χ1v) is 9.62. The molecule has 2 aromatic rings. The zero-order valence-electron chi connectivity index (χ0n) is 16.0. The Balaban J connectivity index is 2.03. The van der Waals surface area contributed by atoms with E-state index in [1.807, 2.05) is 32.9 Å². The maximum Gasteiger partial charge on any atom is 0.350 e. The Kier molecular flexibility index (Phi) is 6.53. The molecule has 1 amide bonds. The van der Waals surface area contributed by atoms with Gasteiger partial charge in [0.05, 0.1) is 5.69 Å². The Hall–Kier alpha value is -2.21. The van der Waals surface area contributed by atoms with Crippen molar-refractivity contribution in [3.8, 4) is 10.6 Å². The Morgan fingerprint density at radius 3 is 2.42 bits per heavy atom. The van der Waals surface area contributed by atoms with Crippen molar-refractivity contribution in [1.29, 1.82) is 0 Å². The van der Waals surface area contributed by atoms with Gasteiger partial charge in [0, 0.05) is 11.1 Å². The van der Waals surface area contributed by atoms with Gasteiger partial charge in [0.15, 0.2) is 6.61 Å². The minimum absolute atomic E-state index is 0.292. The van der Waals surface area contributed by atoms with Crippen molar-refractivity contribution in [1.82, 2.24) is 10.3 Å². The van der Waals surface area contributed by atoms with E-state index in [0.29, 0.717) is 10.6 Å². The van der Waals surface area contributed by atoms with Gasteiger partial charge in [0.2, 0.25) is 0 Å². The molecule has 6 heteroatoms. The number of benzene rings is 1. The minimum atomic E-state index is -0.513. The molecule has 0 bridgehead atoms. The number of hydrogen-bond donors (Lipinski definition) is 1. The highest BCUT2D eigenvalue weighted by Crippen LogP contribution is 2.28. The van der Waals surface area contributed by atoms with Gasteiger partial charge in [-0.3, -0.25) is 4.79 Å². The van der Waals surface area contributed by atoms with Crippen LogP contribution in [0.2, 0.25) is 0 Å². The lowest BCUT2D eigenvalue weighted by Gasteiger charge is -2.24. The fourth-order valence-corrected chi connectivity index (χ4v) is 3.26. The number of thiazole rings is 1.